The number of anilines is 2. The van der Waals surface area contributed by atoms with Crippen molar-refractivity contribution in [3.8, 4) is 0 Å². The molecule has 92 valence electrons. The fourth-order valence-corrected chi connectivity index (χ4v) is 1.81. The molecule has 0 radical (unpaired) electrons. The molecule has 1 aromatic rings. The number of carbonyl (C=O) groups excluding carboxylic acids is 1. The Labute approximate surface area is 101 Å². The highest BCUT2D eigenvalue weighted by molar-refractivity contribution is 5.95. The lowest BCUT2D eigenvalue weighted by Crippen LogP contribution is -2.24. The van der Waals surface area contributed by atoms with Crippen LogP contribution in [0, 0.1) is 5.92 Å². The number of ether oxygens (including phenoxy) is 1. The van der Waals surface area contributed by atoms with Crippen LogP contribution in [0.3, 0.4) is 0 Å². The Morgan fingerprint density at radius 1 is 1.65 bits per heavy atom. The molecule has 0 aliphatic heterocycles. The molecule has 17 heavy (non-hydrogen) atoms. The van der Waals surface area contributed by atoms with Crippen LogP contribution in [-0.4, -0.2) is 31.7 Å². The predicted molar refractivity (Wildman–Crippen MR) is 66.0 cm³/mol. The lowest BCUT2D eigenvalue weighted by Gasteiger charge is -2.20. The third kappa shape index (κ3) is 2.67. The van der Waals surface area contributed by atoms with E-state index in [2.05, 4.69) is 4.98 Å². The minimum Gasteiger partial charge on any atom is -0.465 e. The van der Waals surface area contributed by atoms with Crippen LogP contribution in [0.4, 0.5) is 11.5 Å². The van der Waals surface area contributed by atoms with Crippen LogP contribution in [0.25, 0.3) is 0 Å². The zero-order chi connectivity index (χ0) is 12.4. The van der Waals surface area contributed by atoms with Gasteiger partial charge in [-0.05, 0) is 24.8 Å². The molecule has 0 saturated heterocycles. The number of methoxy groups -OCH3 is 1. The lowest BCUT2D eigenvalue weighted by atomic mass is 10.2. The van der Waals surface area contributed by atoms with Gasteiger partial charge >= 0.3 is 5.97 Å². The number of esters is 1. The van der Waals surface area contributed by atoms with Crippen molar-refractivity contribution in [1.29, 1.82) is 0 Å². The van der Waals surface area contributed by atoms with Crippen molar-refractivity contribution in [3.63, 3.8) is 0 Å². The first-order valence-corrected chi connectivity index (χ1v) is 5.66. The van der Waals surface area contributed by atoms with Crippen molar-refractivity contribution in [3.05, 3.63) is 17.8 Å². The predicted octanol–water partition coefficient (Wildman–Crippen LogP) is 1.30. The van der Waals surface area contributed by atoms with Gasteiger partial charge in [0.1, 0.15) is 11.4 Å². The average Bonchev–Trinajstić information content (AvgIpc) is 3.11. The summed E-state index contributed by atoms with van der Waals surface area (Å²) in [5.41, 5.74) is 6.54. The molecule has 1 heterocycles. The lowest BCUT2D eigenvalue weighted by molar-refractivity contribution is 0.0601. The molecule has 0 amide bonds. The van der Waals surface area contributed by atoms with E-state index < -0.39 is 5.97 Å². The molecule has 0 bridgehead atoms. The van der Waals surface area contributed by atoms with Gasteiger partial charge in [0.15, 0.2) is 0 Å². The minimum absolute atomic E-state index is 0.401. The van der Waals surface area contributed by atoms with E-state index in [4.69, 9.17) is 10.5 Å². The van der Waals surface area contributed by atoms with E-state index in [0.717, 1.165) is 12.5 Å². The zero-order valence-electron chi connectivity index (χ0n) is 10.1. The molecule has 1 aliphatic carbocycles. The number of hydrogen-bond acceptors (Lipinski definition) is 5. The van der Waals surface area contributed by atoms with Crippen LogP contribution >= 0.6 is 0 Å². The Hall–Kier alpha value is -1.78. The average molecular weight is 235 g/mol. The van der Waals surface area contributed by atoms with Gasteiger partial charge in [-0.2, -0.15) is 0 Å². The first-order chi connectivity index (χ1) is 8.11. The van der Waals surface area contributed by atoms with E-state index in [0.29, 0.717) is 17.1 Å². The largest absolute Gasteiger partial charge is 0.465 e. The smallest absolute Gasteiger partial charge is 0.341 e. The maximum atomic E-state index is 11.6. The van der Waals surface area contributed by atoms with Crippen LogP contribution in [0.5, 0.6) is 0 Å². The first kappa shape index (κ1) is 11.7. The van der Waals surface area contributed by atoms with Gasteiger partial charge in [-0.25, -0.2) is 9.78 Å². The number of nitrogens with zero attached hydrogens (tertiary/aromatic N) is 2. The molecule has 1 aliphatic rings. The van der Waals surface area contributed by atoms with Gasteiger partial charge in [0.2, 0.25) is 0 Å². The van der Waals surface area contributed by atoms with Crippen LogP contribution < -0.4 is 10.6 Å². The Balaban J connectivity index is 2.26. The fraction of sp³-hybridized carbons (Fsp3) is 0.500. The van der Waals surface area contributed by atoms with E-state index in [1.54, 1.807) is 12.3 Å². The normalized spacial score (nSPS) is 14.5. The van der Waals surface area contributed by atoms with Crippen LogP contribution in [0.2, 0.25) is 0 Å². The molecule has 0 atom stereocenters. The molecule has 1 fully saturated rings. The molecule has 0 unspecified atom stereocenters. The molecule has 2 rings (SSSR count). The summed E-state index contributed by atoms with van der Waals surface area (Å²) in [5.74, 6) is 0.963. The molecule has 0 aromatic carbocycles. The van der Waals surface area contributed by atoms with Crippen molar-refractivity contribution >= 4 is 17.5 Å². The summed E-state index contributed by atoms with van der Waals surface area (Å²) < 4.78 is 4.74. The number of carbonyl (C=O) groups is 1. The van der Waals surface area contributed by atoms with Crippen molar-refractivity contribution in [2.45, 2.75) is 12.8 Å². The van der Waals surface area contributed by atoms with E-state index in [9.17, 15) is 4.79 Å². The summed E-state index contributed by atoms with van der Waals surface area (Å²) >= 11 is 0. The number of aromatic nitrogens is 1. The minimum atomic E-state index is -0.401. The van der Waals surface area contributed by atoms with Gasteiger partial charge in [-0.15, -0.1) is 0 Å². The highest BCUT2D eigenvalue weighted by atomic mass is 16.5. The molecule has 1 aromatic heterocycles. The molecule has 2 N–H and O–H groups in total. The molecule has 0 spiro atoms. The Kier molecular flexibility index (Phi) is 3.17. The Morgan fingerprint density at radius 2 is 2.35 bits per heavy atom. The van der Waals surface area contributed by atoms with E-state index >= 15 is 0 Å². The summed E-state index contributed by atoms with van der Waals surface area (Å²) in [6.07, 6.45) is 4.07. The van der Waals surface area contributed by atoms with Crippen molar-refractivity contribution in [2.24, 2.45) is 5.92 Å². The SMILES string of the molecule is COC(=O)c1cc(N)cnc1N(C)CC1CC1. The van der Waals surface area contributed by atoms with Crippen LogP contribution in [0.15, 0.2) is 12.3 Å². The maximum absolute atomic E-state index is 11.6. The maximum Gasteiger partial charge on any atom is 0.341 e. The molecular weight excluding hydrogens is 218 g/mol. The third-order valence-corrected chi connectivity index (χ3v) is 2.88. The van der Waals surface area contributed by atoms with Gasteiger partial charge in [0, 0.05) is 13.6 Å². The summed E-state index contributed by atoms with van der Waals surface area (Å²) in [6, 6.07) is 1.61. The second kappa shape index (κ2) is 4.61. The Morgan fingerprint density at radius 3 is 2.94 bits per heavy atom. The summed E-state index contributed by atoms with van der Waals surface area (Å²) in [7, 11) is 3.29. The van der Waals surface area contributed by atoms with E-state index in [1.807, 2.05) is 11.9 Å². The van der Waals surface area contributed by atoms with Crippen LogP contribution in [0.1, 0.15) is 23.2 Å². The monoisotopic (exact) mass is 235 g/mol. The second-order valence-electron chi connectivity index (χ2n) is 4.46. The fourth-order valence-electron chi connectivity index (χ4n) is 1.81. The molecule has 5 heteroatoms. The number of nitrogen functional groups attached to an aromatic ring is 1. The van der Waals surface area contributed by atoms with E-state index in [1.165, 1.54) is 20.0 Å². The molecular formula is C12H17N3O2. The highest BCUT2D eigenvalue weighted by Gasteiger charge is 2.25. The van der Waals surface area contributed by atoms with Gasteiger partial charge in [0.25, 0.3) is 0 Å². The van der Waals surface area contributed by atoms with Crippen LogP contribution in [-0.2, 0) is 4.74 Å². The quantitative estimate of drug-likeness (QED) is 0.796. The van der Waals surface area contributed by atoms with Gasteiger partial charge < -0.3 is 15.4 Å². The molecule has 5 nitrogen and oxygen atoms in total. The summed E-state index contributed by atoms with van der Waals surface area (Å²) in [6.45, 7) is 0.918. The number of nitrogens with two attached hydrogens (primary N) is 1. The topological polar surface area (TPSA) is 68.5 Å². The van der Waals surface area contributed by atoms with Gasteiger partial charge in [0.05, 0.1) is 19.0 Å². The zero-order valence-corrected chi connectivity index (χ0v) is 10.1. The van der Waals surface area contributed by atoms with Gasteiger partial charge in [-0.3, -0.25) is 0 Å². The number of hydrogen-bond donors (Lipinski definition) is 1. The van der Waals surface area contributed by atoms with Crippen molar-refractivity contribution in [2.75, 3.05) is 31.3 Å². The third-order valence-electron chi connectivity index (χ3n) is 2.88. The first-order valence-electron chi connectivity index (χ1n) is 5.66. The van der Waals surface area contributed by atoms with Crippen molar-refractivity contribution < 1.29 is 9.53 Å². The standard InChI is InChI=1S/C12H17N3O2/c1-15(7-8-3-4-8)11-10(12(16)17-2)5-9(13)6-14-11/h5-6,8H,3-4,7,13H2,1-2H3. The number of rotatable bonds is 4. The van der Waals surface area contributed by atoms with Gasteiger partial charge in [-0.1, -0.05) is 0 Å². The Bertz CT molecular complexity index is 430. The van der Waals surface area contributed by atoms with Crippen molar-refractivity contribution in [1.82, 2.24) is 4.98 Å². The second-order valence-corrected chi connectivity index (χ2v) is 4.46. The van der Waals surface area contributed by atoms with E-state index in [-0.39, 0.29) is 0 Å². The highest BCUT2D eigenvalue weighted by Crippen LogP contribution is 2.31. The molecule has 1 saturated carbocycles. The number of pyridine rings is 1. The summed E-state index contributed by atoms with van der Waals surface area (Å²) in [4.78, 5) is 17.9. The summed E-state index contributed by atoms with van der Waals surface area (Å²) in [5, 5.41) is 0.